The summed E-state index contributed by atoms with van der Waals surface area (Å²) in [6.07, 6.45) is 1.22. The van der Waals surface area contributed by atoms with E-state index in [2.05, 4.69) is 15.1 Å². The van der Waals surface area contributed by atoms with Crippen molar-refractivity contribution >= 4 is 28.3 Å². The van der Waals surface area contributed by atoms with Gasteiger partial charge >= 0.3 is 5.63 Å². The lowest BCUT2D eigenvalue weighted by atomic mass is 10.1. The van der Waals surface area contributed by atoms with Crippen LogP contribution < -0.4 is 10.5 Å². The molecule has 0 radical (unpaired) electrons. The van der Waals surface area contributed by atoms with Gasteiger partial charge in [0.25, 0.3) is 5.92 Å². The fourth-order valence-corrected chi connectivity index (χ4v) is 4.03. The van der Waals surface area contributed by atoms with Crippen LogP contribution in [0.15, 0.2) is 45.7 Å². The highest BCUT2D eigenvalue weighted by Gasteiger charge is 2.39. The molecule has 0 N–H and O–H groups in total. The molecule has 0 aliphatic carbocycles. The van der Waals surface area contributed by atoms with Gasteiger partial charge in [0.05, 0.1) is 34.1 Å². The molecule has 3 aromatic heterocycles. The third kappa shape index (κ3) is 3.70. The highest BCUT2D eigenvalue weighted by atomic mass is 35.5. The maximum Gasteiger partial charge on any atom is 0.347 e. The van der Waals surface area contributed by atoms with Gasteiger partial charge in [0, 0.05) is 25.2 Å². The average Bonchev–Trinajstić information content (AvgIpc) is 3.37. The third-order valence-corrected chi connectivity index (χ3v) is 5.70. The van der Waals surface area contributed by atoms with Crippen LogP contribution in [0.1, 0.15) is 17.5 Å². The topological polar surface area (TPSA) is 101 Å². The Morgan fingerprint density at radius 1 is 1.30 bits per heavy atom. The van der Waals surface area contributed by atoms with Gasteiger partial charge in [-0.2, -0.15) is 5.26 Å². The summed E-state index contributed by atoms with van der Waals surface area (Å²) in [5.41, 5.74) is 0.811. The van der Waals surface area contributed by atoms with Crippen LogP contribution >= 0.6 is 11.6 Å². The monoisotopic (exact) mass is 468 g/mol. The van der Waals surface area contributed by atoms with Crippen molar-refractivity contribution in [2.45, 2.75) is 19.3 Å². The Kier molecular flexibility index (Phi) is 4.87. The number of nitrogens with zero attached hydrogens (tertiary/aromatic N) is 6. The Bertz CT molecular complexity index is 1510. The van der Waals surface area contributed by atoms with Crippen LogP contribution in [-0.2, 0) is 0 Å². The summed E-state index contributed by atoms with van der Waals surface area (Å²) in [6, 6.07) is 9.79. The van der Waals surface area contributed by atoms with Crippen molar-refractivity contribution in [2.24, 2.45) is 0 Å². The van der Waals surface area contributed by atoms with E-state index in [0.717, 1.165) is 0 Å². The van der Waals surface area contributed by atoms with E-state index in [1.165, 1.54) is 27.9 Å². The van der Waals surface area contributed by atoms with Gasteiger partial charge in [-0.25, -0.2) is 28.2 Å². The Labute approximate surface area is 190 Å². The summed E-state index contributed by atoms with van der Waals surface area (Å²) in [5.74, 6) is -2.42. The molecule has 1 saturated heterocycles. The van der Waals surface area contributed by atoms with Crippen molar-refractivity contribution in [2.75, 3.05) is 18.0 Å². The van der Waals surface area contributed by atoms with Gasteiger partial charge in [-0.3, -0.25) is 0 Å². The molecule has 5 rings (SSSR count). The minimum Gasteiger partial charge on any atom is -0.401 e. The first-order valence-electron chi connectivity index (χ1n) is 9.95. The second-order valence-electron chi connectivity index (χ2n) is 7.74. The first-order chi connectivity index (χ1) is 15.8. The average molecular weight is 469 g/mol. The molecule has 0 atom stereocenters. The highest BCUT2D eigenvalue weighted by molar-refractivity contribution is 6.32. The zero-order chi connectivity index (χ0) is 23.3. The van der Waals surface area contributed by atoms with Crippen LogP contribution in [-0.4, -0.2) is 38.8 Å². The molecule has 4 aromatic rings. The second-order valence-corrected chi connectivity index (χ2v) is 8.15. The summed E-state index contributed by atoms with van der Waals surface area (Å²) in [7, 11) is 0. The molecule has 1 aromatic carbocycles. The molecule has 0 saturated carbocycles. The van der Waals surface area contributed by atoms with Crippen molar-refractivity contribution in [3.05, 3.63) is 63.1 Å². The SMILES string of the molecule is Cc1cc(C#N)cc2c(=O)oc(-c3cc(N4CCC(F)(F)C4)nn3-c3ncccc3Cl)nc12. The lowest BCUT2D eigenvalue weighted by Crippen LogP contribution is -2.25. The van der Waals surface area contributed by atoms with E-state index in [4.69, 9.17) is 16.0 Å². The number of aryl methyl sites for hydroxylation is 1. The van der Waals surface area contributed by atoms with Gasteiger partial charge in [-0.1, -0.05) is 11.6 Å². The molecular formula is C22H15ClF2N6O2. The summed E-state index contributed by atoms with van der Waals surface area (Å²) in [6.45, 7) is 1.36. The number of hydrogen-bond acceptors (Lipinski definition) is 7. The number of fused-ring (bicyclic) bond motifs is 1. The fraction of sp³-hybridized carbons (Fsp3) is 0.227. The third-order valence-electron chi connectivity index (χ3n) is 5.40. The van der Waals surface area contributed by atoms with Crippen molar-refractivity contribution in [3.63, 3.8) is 0 Å². The van der Waals surface area contributed by atoms with E-state index < -0.39 is 18.1 Å². The lowest BCUT2D eigenvalue weighted by Gasteiger charge is -2.14. The van der Waals surface area contributed by atoms with Crippen LogP contribution in [0.3, 0.4) is 0 Å². The predicted molar refractivity (Wildman–Crippen MR) is 117 cm³/mol. The molecule has 0 unspecified atom stereocenters. The molecule has 0 amide bonds. The van der Waals surface area contributed by atoms with Crippen molar-refractivity contribution in [1.82, 2.24) is 19.7 Å². The van der Waals surface area contributed by atoms with E-state index in [1.807, 2.05) is 6.07 Å². The molecule has 0 bridgehead atoms. The number of benzene rings is 1. The van der Waals surface area contributed by atoms with Crippen molar-refractivity contribution < 1.29 is 13.2 Å². The smallest absolute Gasteiger partial charge is 0.347 e. The van der Waals surface area contributed by atoms with Crippen LogP contribution in [0.4, 0.5) is 14.6 Å². The largest absolute Gasteiger partial charge is 0.401 e. The molecule has 8 nitrogen and oxygen atoms in total. The summed E-state index contributed by atoms with van der Waals surface area (Å²) in [4.78, 5) is 22.9. The maximum atomic E-state index is 13.8. The van der Waals surface area contributed by atoms with Gasteiger partial charge in [-0.15, -0.1) is 5.10 Å². The predicted octanol–water partition coefficient (Wildman–Crippen LogP) is 4.11. The van der Waals surface area contributed by atoms with Crippen LogP contribution in [0.2, 0.25) is 5.02 Å². The Balaban J connectivity index is 1.73. The lowest BCUT2D eigenvalue weighted by molar-refractivity contribution is 0.0256. The molecule has 1 fully saturated rings. The number of pyridine rings is 1. The molecule has 1 aliphatic rings. The molecule has 1 aliphatic heterocycles. The Morgan fingerprint density at radius 3 is 2.82 bits per heavy atom. The first kappa shape index (κ1) is 21.0. The van der Waals surface area contributed by atoms with Crippen LogP contribution in [0, 0.1) is 18.3 Å². The number of nitriles is 1. The standard InChI is InChI=1S/C22H15ClF2N6O2/c1-12-7-13(10-26)8-14-18(12)28-20(33-21(14)32)16-9-17(30-6-4-22(24,25)11-30)29-31(16)19-15(23)3-2-5-27-19/h2-3,5,7-9H,4,6,11H2,1H3. The zero-order valence-electron chi connectivity index (χ0n) is 17.2. The van der Waals surface area contributed by atoms with Gasteiger partial charge < -0.3 is 9.32 Å². The number of halogens is 3. The van der Waals surface area contributed by atoms with Gasteiger partial charge in [0.2, 0.25) is 5.89 Å². The summed E-state index contributed by atoms with van der Waals surface area (Å²) >= 11 is 6.32. The maximum absolute atomic E-state index is 13.8. The van der Waals surface area contributed by atoms with Crippen LogP contribution in [0.25, 0.3) is 28.3 Å². The molecule has 11 heteroatoms. The van der Waals surface area contributed by atoms with Crippen molar-refractivity contribution in [3.8, 4) is 23.5 Å². The van der Waals surface area contributed by atoms with E-state index in [1.54, 1.807) is 25.1 Å². The number of aromatic nitrogens is 4. The zero-order valence-corrected chi connectivity index (χ0v) is 18.0. The number of hydrogen-bond donors (Lipinski definition) is 0. The van der Waals surface area contributed by atoms with Gasteiger partial charge in [0.1, 0.15) is 5.69 Å². The normalized spacial score (nSPS) is 15.2. The van der Waals surface area contributed by atoms with Gasteiger partial charge in [-0.05, 0) is 36.8 Å². The van der Waals surface area contributed by atoms with Gasteiger partial charge in [0.15, 0.2) is 11.6 Å². The second kappa shape index (κ2) is 7.64. The van der Waals surface area contributed by atoms with E-state index in [-0.39, 0.29) is 46.6 Å². The molecular weight excluding hydrogens is 454 g/mol. The Morgan fingerprint density at radius 2 is 2.12 bits per heavy atom. The summed E-state index contributed by atoms with van der Waals surface area (Å²) in [5, 5.41) is 14.1. The number of alkyl halides is 2. The minimum absolute atomic E-state index is 0.0771. The first-order valence-corrected chi connectivity index (χ1v) is 10.3. The molecule has 166 valence electrons. The summed E-state index contributed by atoms with van der Waals surface area (Å²) < 4.78 is 34.5. The fourth-order valence-electron chi connectivity index (χ4n) is 3.83. The number of anilines is 1. The van der Waals surface area contributed by atoms with E-state index in [9.17, 15) is 18.8 Å². The number of rotatable bonds is 3. The van der Waals surface area contributed by atoms with Crippen molar-refractivity contribution in [1.29, 1.82) is 5.26 Å². The minimum atomic E-state index is -2.82. The molecule has 4 heterocycles. The molecule has 0 spiro atoms. The van der Waals surface area contributed by atoms with Crippen LogP contribution in [0.5, 0.6) is 0 Å². The van der Waals surface area contributed by atoms with E-state index in [0.29, 0.717) is 16.6 Å². The molecule has 33 heavy (non-hydrogen) atoms. The highest BCUT2D eigenvalue weighted by Crippen LogP contribution is 2.34. The quantitative estimate of drug-likeness (QED) is 0.446. The van der Waals surface area contributed by atoms with E-state index >= 15 is 0 Å². The Hall–Kier alpha value is -3.84.